The summed E-state index contributed by atoms with van der Waals surface area (Å²) >= 11 is 0. The van der Waals surface area contributed by atoms with Crippen molar-refractivity contribution >= 4 is 9.84 Å². The maximum Gasteiger partial charge on any atom is 0.157 e. The van der Waals surface area contributed by atoms with Crippen LogP contribution in [0.1, 0.15) is 19.3 Å². The fourth-order valence-corrected chi connectivity index (χ4v) is 3.71. The summed E-state index contributed by atoms with van der Waals surface area (Å²) in [5.74, 6) is 0. The van der Waals surface area contributed by atoms with E-state index in [-0.39, 0.29) is 10.5 Å². The molecule has 0 aromatic heterocycles. The molecule has 1 unspecified atom stereocenters. The van der Waals surface area contributed by atoms with Gasteiger partial charge in [-0.25, -0.2) is 8.42 Å². The highest BCUT2D eigenvalue weighted by atomic mass is 32.2. The van der Waals surface area contributed by atoms with Crippen LogP contribution < -0.4 is 5.32 Å². The Morgan fingerprint density at radius 2 is 1.82 bits per heavy atom. The summed E-state index contributed by atoms with van der Waals surface area (Å²) in [4.78, 5) is 0. The first-order valence-electron chi connectivity index (χ1n) is 4.14. The quantitative estimate of drug-likeness (QED) is 0.639. The number of sulfone groups is 1. The molecule has 1 aliphatic carbocycles. The molecule has 11 heavy (non-hydrogen) atoms. The summed E-state index contributed by atoms with van der Waals surface area (Å²) in [5.41, 5.74) is 0. The van der Waals surface area contributed by atoms with E-state index in [9.17, 15) is 8.42 Å². The van der Waals surface area contributed by atoms with Crippen LogP contribution in [0.15, 0.2) is 0 Å². The van der Waals surface area contributed by atoms with Crippen LogP contribution in [0, 0.1) is 0 Å². The van der Waals surface area contributed by atoms with Crippen molar-refractivity contribution < 1.29 is 8.42 Å². The maximum atomic E-state index is 11.6. The molecule has 0 radical (unpaired) electrons. The van der Waals surface area contributed by atoms with Crippen LogP contribution in [-0.4, -0.2) is 32.0 Å². The van der Waals surface area contributed by atoms with Gasteiger partial charge in [0.2, 0.25) is 0 Å². The predicted molar refractivity (Wildman–Crippen MR) is 43.2 cm³/mol. The lowest BCUT2D eigenvalue weighted by Gasteiger charge is -2.07. The van der Waals surface area contributed by atoms with Crippen molar-refractivity contribution in [1.82, 2.24) is 5.32 Å². The highest BCUT2D eigenvalue weighted by molar-refractivity contribution is 7.93. The minimum absolute atomic E-state index is 0.0207. The minimum Gasteiger partial charge on any atom is -0.315 e. The van der Waals surface area contributed by atoms with Crippen molar-refractivity contribution in [1.29, 1.82) is 0 Å². The molecule has 0 aromatic carbocycles. The predicted octanol–water partition coefficient (Wildman–Crippen LogP) is -0.0745. The van der Waals surface area contributed by atoms with Gasteiger partial charge >= 0.3 is 0 Å². The average molecular weight is 175 g/mol. The van der Waals surface area contributed by atoms with Gasteiger partial charge in [-0.15, -0.1) is 0 Å². The van der Waals surface area contributed by atoms with Crippen molar-refractivity contribution in [2.45, 2.75) is 29.8 Å². The van der Waals surface area contributed by atoms with Crippen molar-refractivity contribution in [2.24, 2.45) is 0 Å². The normalized spacial score (nSPS) is 32.5. The summed E-state index contributed by atoms with van der Waals surface area (Å²) in [7, 11) is -2.73. The molecular formula is C7H13NO2S. The van der Waals surface area contributed by atoms with E-state index in [0.717, 1.165) is 25.8 Å². The zero-order chi connectivity index (χ0) is 7.90. The summed E-state index contributed by atoms with van der Waals surface area (Å²) < 4.78 is 23.1. The van der Waals surface area contributed by atoms with Gasteiger partial charge in [0.05, 0.1) is 10.5 Å². The monoisotopic (exact) mass is 175 g/mol. The van der Waals surface area contributed by atoms with E-state index in [0.29, 0.717) is 6.54 Å². The Morgan fingerprint density at radius 1 is 1.09 bits per heavy atom. The molecule has 0 bridgehead atoms. The summed E-state index contributed by atoms with van der Waals surface area (Å²) in [5, 5.41) is 3.03. The summed E-state index contributed by atoms with van der Waals surface area (Å²) in [6, 6.07) is 0. The highest BCUT2D eigenvalue weighted by Crippen LogP contribution is 2.32. The molecule has 4 heteroatoms. The molecule has 1 aliphatic heterocycles. The van der Waals surface area contributed by atoms with Crippen molar-refractivity contribution in [3.8, 4) is 0 Å². The second kappa shape index (κ2) is 2.45. The molecule has 1 saturated carbocycles. The van der Waals surface area contributed by atoms with Gasteiger partial charge < -0.3 is 5.32 Å². The third kappa shape index (κ3) is 1.29. The molecule has 2 rings (SSSR count). The molecule has 1 heterocycles. The van der Waals surface area contributed by atoms with E-state index >= 15 is 0 Å². The Bertz CT molecular complexity index is 237. The molecule has 3 nitrogen and oxygen atoms in total. The van der Waals surface area contributed by atoms with Crippen LogP contribution in [0.3, 0.4) is 0 Å². The van der Waals surface area contributed by atoms with Crippen LogP contribution in [0.2, 0.25) is 0 Å². The third-order valence-electron chi connectivity index (χ3n) is 2.47. The summed E-state index contributed by atoms with van der Waals surface area (Å²) in [6.45, 7) is 1.55. The van der Waals surface area contributed by atoms with Crippen LogP contribution in [0.25, 0.3) is 0 Å². The van der Waals surface area contributed by atoms with Crippen LogP contribution >= 0.6 is 0 Å². The van der Waals surface area contributed by atoms with Crippen LogP contribution in [0.4, 0.5) is 0 Å². The molecule has 0 spiro atoms. The topological polar surface area (TPSA) is 46.2 Å². The van der Waals surface area contributed by atoms with Gasteiger partial charge in [-0.3, -0.25) is 0 Å². The lowest BCUT2D eigenvalue weighted by Crippen LogP contribution is -2.26. The van der Waals surface area contributed by atoms with E-state index in [1.807, 2.05) is 0 Å². The van der Waals surface area contributed by atoms with Gasteiger partial charge in [0, 0.05) is 6.54 Å². The van der Waals surface area contributed by atoms with Gasteiger partial charge in [0.15, 0.2) is 9.84 Å². The van der Waals surface area contributed by atoms with E-state index in [1.165, 1.54) is 0 Å². The average Bonchev–Trinajstić information content (AvgIpc) is 2.66. The summed E-state index contributed by atoms with van der Waals surface area (Å²) in [6.07, 6.45) is 2.62. The first-order chi connectivity index (χ1) is 5.21. The van der Waals surface area contributed by atoms with Crippen molar-refractivity contribution in [3.05, 3.63) is 0 Å². The first-order valence-corrected chi connectivity index (χ1v) is 5.75. The Morgan fingerprint density at radius 3 is 2.27 bits per heavy atom. The third-order valence-corrected chi connectivity index (χ3v) is 5.20. The van der Waals surface area contributed by atoms with Gasteiger partial charge in [-0.05, 0) is 25.8 Å². The van der Waals surface area contributed by atoms with Crippen LogP contribution in [-0.2, 0) is 9.84 Å². The molecule has 0 amide bonds. The molecule has 64 valence electrons. The first kappa shape index (κ1) is 7.55. The Labute approximate surface area is 67.1 Å². The SMILES string of the molecule is O=S(=O)(C1CC1)C1CCNC1. The number of rotatable bonds is 2. The Hall–Kier alpha value is -0.0900. The van der Waals surface area contributed by atoms with E-state index < -0.39 is 9.84 Å². The fraction of sp³-hybridized carbons (Fsp3) is 1.00. The van der Waals surface area contributed by atoms with Gasteiger partial charge in [-0.1, -0.05) is 0 Å². The lowest BCUT2D eigenvalue weighted by atomic mass is 10.4. The molecule has 0 aromatic rings. The number of hydrogen-bond acceptors (Lipinski definition) is 3. The zero-order valence-electron chi connectivity index (χ0n) is 6.41. The minimum atomic E-state index is -2.73. The molecule has 2 aliphatic rings. The second-order valence-electron chi connectivity index (χ2n) is 3.40. The second-order valence-corrected chi connectivity index (χ2v) is 5.91. The molecule has 1 N–H and O–H groups in total. The fourth-order valence-electron chi connectivity index (χ4n) is 1.58. The number of nitrogens with one attached hydrogen (secondary N) is 1. The van der Waals surface area contributed by atoms with Gasteiger partial charge in [0.25, 0.3) is 0 Å². The van der Waals surface area contributed by atoms with Crippen LogP contribution in [0.5, 0.6) is 0 Å². The van der Waals surface area contributed by atoms with E-state index in [2.05, 4.69) is 5.32 Å². The molecular weight excluding hydrogens is 162 g/mol. The molecule has 1 saturated heterocycles. The van der Waals surface area contributed by atoms with Gasteiger partial charge in [-0.2, -0.15) is 0 Å². The smallest absolute Gasteiger partial charge is 0.157 e. The highest BCUT2D eigenvalue weighted by Gasteiger charge is 2.41. The molecule has 1 atom stereocenters. The van der Waals surface area contributed by atoms with Gasteiger partial charge in [0.1, 0.15) is 0 Å². The maximum absolute atomic E-state index is 11.6. The zero-order valence-corrected chi connectivity index (χ0v) is 7.23. The largest absolute Gasteiger partial charge is 0.315 e. The van der Waals surface area contributed by atoms with E-state index in [4.69, 9.17) is 0 Å². The van der Waals surface area contributed by atoms with Crippen molar-refractivity contribution in [3.63, 3.8) is 0 Å². The molecule has 2 fully saturated rings. The van der Waals surface area contributed by atoms with E-state index in [1.54, 1.807) is 0 Å². The number of hydrogen-bond donors (Lipinski definition) is 1. The van der Waals surface area contributed by atoms with Crippen molar-refractivity contribution in [2.75, 3.05) is 13.1 Å². The Balaban J connectivity index is 2.12. The lowest BCUT2D eigenvalue weighted by molar-refractivity contribution is 0.581. The Kier molecular flexibility index (Phi) is 1.68. The standard InChI is InChI=1S/C7H13NO2S/c9-11(10,6-1-2-6)7-3-4-8-5-7/h6-8H,1-5H2.